The minimum atomic E-state index is 0.245. The number of rotatable bonds is 1. The first-order chi connectivity index (χ1) is 7.75. The molecule has 1 aliphatic carbocycles. The van der Waals surface area contributed by atoms with E-state index in [1.807, 2.05) is 11.3 Å². The van der Waals surface area contributed by atoms with Gasteiger partial charge in [-0.2, -0.15) is 0 Å². The maximum atomic E-state index is 6.10. The van der Waals surface area contributed by atoms with Crippen LogP contribution in [0.1, 0.15) is 28.5 Å². The van der Waals surface area contributed by atoms with Gasteiger partial charge in [-0.25, -0.2) is 0 Å². The van der Waals surface area contributed by atoms with E-state index in [1.165, 1.54) is 27.1 Å². The lowest BCUT2D eigenvalue weighted by atomic mass is 9.98. The first-order valence-corrected chi connectivity index (χ1v) is 6.56. The summed E-state index contributed by atoms with van der Waals surface area (Å²) in [4.78, 5) is 1.37. The third kappa shape index (κ3) is 1.49. The fourth-order valence-corrected chi connectivity index (χ4v) is 3.24. The van der Waals surface area contributed by atoms with E-state index in [4.69, 9.17) is 5.73 Å². The van der Waals surface area contributed by atoms with Crippen LogP contribution in [-0.2, 0) is 6.42 Å². The summed E-state index contributed by atoms with van der Waals surface area (Å²) in [7, 11) is 0. The van der Waals surface area contributed by atoms with Crippen LogP contribution in [0.5, 0.6) is 0 Å². The van der Waals surface area contributed by atoms with Crippen LogP contribution < -0.4 is 5.73 Å². The Kier molecular flexibility index (Phi) is 2.34. The Hall–Kier alpha value is -1.12. The molecule has 0 amide bonds. The molecule has 0 bridgehead atoms. The fraction of sp³-hybridized carbons (Fsp3) is 0.286. The van der Waals surface area contributed by atoms with E-state index in [0.29, 0.717) is 0 Å². The zero-order chi connectivity index (χ0) is 11.1. The van der Waals surface area contributed by atoms with Gasteiger partial charge in [-0.1, -0.05) is 18.2 Å². The number of fused-ring (bicyclic) bond motifs is 1. The maximum absolute atomic E-state index is 6.10. The molecule has 3 rings (SSSR count). The van der Waals surface area contributed by atoms with E-state index in [2.05, 4.69) is 36.6 Å². The molecular weight excluding hydrogens is 214 g/mol. The zero-order valence-corrected chi connectivity index (χ0v) is 10.2. The molecule has 0 saturated carbocycles. The van der Waals surface area contributed by atoms with Gasteiger partial charge in [0.1, 0.15) is 0 Å². The average molecular weight is 229 g/mol. The summed E-state index contributed by atoms with van der Waals surface area (Å²) in [6.45, 7) is 2.16. The molecule has 1 aromatic carbocycles. The third-order valence-electron chi connectivity index (χ3n) is 3.36. The molecule has 1 atom stereocenters. The highest BCUT2D eigenvalue weighted by Crippen LogP contribution is 2.37. The summed E-state index contributed by atoms with van der Waals surface area (Å²) in [6, 6.07) is 9.04. The van der Waals surface area contributed by atoms with Gasteiger partial charge in [-0.3, -0.25) is 0 Å². The van der Waals surface area contributed by atoms with Crippen molar-refractivity contribution in [3.05, 3.63) is 45.6 Å². The summed E-state index contributed by atoms with van der Waals surface area (Å²) in [5.74, 6) is 0. The second-order valence-corrected chi connectivity index (χ2v) is 5.58. The summed E-state index contributed by atoms with van der Waals surface area (Å²) < 4.78 is 0. The van der Waals surface area contributed by atoms with Crippen molar-refractivity contribution in [2.24, 2.45) is 5.73 Å². The second-order valence-electron chi connectivity index (χ2n) is 4.46. The van der Waals surface area contributed by atoms with Crippen LogP contribution in [0, 0.1) is 6.92 Å². The maximum Gasteiger partial charge on any atom is 0.0300 e. The quantitative estimate of drug-likeness (QED) is 0.793. The van der Waals surface area contributed by atoms with Gasteiger partial charge in [0.05, 0.1) is 0 Å². The lowest BCUT2D eigenvalue weighted by molar-refractivity contribution is 0.713. The molecule has 82 valence electrons. The number of hydrogen-bond acceptors (Lipinski definition) is 2. The molecule has 2 N–H and O–H groups in total. The fourth-order valence-electron chi connectivity index (χ4n) is 2.54. The van der Waals surface area contributed by atoms with Gasteiger partial charge in [0.2, 0.25) is 0 Å². The standard InChI is InChI=1S/C14H15NS/c1-9-7-10(8-16-9)11-3-2-4-13-12(11)5-6-14(13)15/h2-4,7-8,14H,5-6,15H2,1H3. The highest BCUT2D eigenvalue weighted by molar-refractivity contribution is 7.10. The summed E-state index contributed by atoms with van der Waals surface area (Å²) in [6.07, 6.45) is 2.22. The predicted octanol–water partition coefficient (Wildman–Crippen LogP) is 3.67. The van der Waals surface area contributed by atoms with Crippen molar-refractivity contribution in [1.29, 1.82) is 0 Å². The van der Waals surface area contributed by atoms with Gasteiger partial charge in [0, 0.05) is 10.9 Å². The molecule has 2 heteroatoms. The van der Waals surface area contributed by atoms with E-state index in [0.717, 1.165) is 12.8 Å². The van der Waals surface area contributed by atoms with Crippen molar-refractivity contribution >= 4 is 11.3 Å². The molecule has 1 heterocycles. The van der Waals surface area contributed by atoms with Crippen LogP contribution in [0.15, 0.2) is 29.6 Å². The highest BCUT2D eigenvalue weighted by atomic mass is 32.1. The smallest absolute Gasteiger partial charge is 0.0300 e. The molecule has 1 aliphatic rings. The molecule has 1 nitrogen and oxygen atoms in total. The molecule has 16 heavy (non-hydrogen) atoms. The van der Waals surface area contributed by atoms with Gasteiger partial charge in [0.25, 0.3) is 0 Å². The van der Waals surface area contributed by atoms with Gasteiger partial charge in [-0.15, -0.1) is 11.3 Å². The number of benzene rings is 1. The minimum Gasteiger partial charge on any atom is -0.324 e. The number of nitrogens with two attached hydrogens (primary N) is 1. The third-order valence-corrected chi connectivity index (χ3v) is 4.22. The molecule has 0 radical (unpaired) electrons. The predicted molar refractivity (Wildman–Crippen MR) is 69.7 cm³/mol. The van der Waals surface area contributed by atoms with Crippen molar-refractivity contribution in [3.63, 3.8) is 0 Å². The normalized spacial score (nSPS) is 18.8. The first-order valence-electron chi connectivity index (χ1n) is 5.68. The molecule has 2 aromatic rings. The van der Waals surface area contributed by atoms with Crippen LogP contribution in [0.25, 0.3) is 11.1 Å². The van der Waals surface area contributed by atoms with Crippen LogP contribution in [0.3, 0.4) is 0 Å². The zero-order valence-electron chi connectivity index (χ0n) is 9.36. The lowest BCUT2D eigenvalue weighted by Gasteiger charge is -2.08. The molecule has 0 aliphatic heterocycles. The molecular formula is C14H15NS. The van der Waals surface area contributed by atoms with Crippen LogP contribution in [0.4, 0.5) is 0 Å². The summed E-state index contributed by atoms with van der Waals surface area (Å²) in [5, 5.41) is 2.24. The SMILES string of the molecule is Cc1cc(-c2cccc3c2CCC3N)cs1. The van der Waals surface area contributed by atoms with E-state index in [1.54, 1.807) is 0 Å². The number of aryl methyl sites for hydroxylation is 1. The Morgan fingerprint density at radius 3 is 3.00 bits per heavy atom. The van der Waals surface area contributed by atoms with E-state index in [9.17, 15) is 0 Å². The van der Waals surface area contributed by atoms with Crippen molar-refractivity contribution in [2.45, 2.75) is 25.8 Å². The van der Waals surface area contributed by atoms with E-state index in [-0.39, 0.29) is 6.04 Å². The Labute approximate surface area is 99.9 Å². The van der Waals surface area contributed by atoms with Crippen molar-refractivity contribution in [3.8, 4) is 11.1 Å². The van der Waals surface area contributed by atoms with E-state index < -0.39 is 0 Å². The Bertz CT molecular complexity index is 527. The van der Waals surface area contributed by atoms with Gasteiger partial charge in [0.15, 0.2) is 0 Å². The summed E-state index contributed by atoms with van der Waals surface area (Å²) >= 11 is 1.81. The molecule has 0 fully saturated rings. The Morgan fingerprint density at radius 2 is 2.25 bits per heavy atom. The second kappa shape index (κ2) is 3.72. The molecule has 0 saturated heterocycles. The van der Waals surface area contributed by atoms with Crippen molar-refractivity contribution in [2.75, 3.05) is 0 Å². The van der Waals surface area contributed by atoms with Crippen LogP contribution in [0.2, 0.25) is 0 Å². The Morgan fingerprint density at radius 1 is 1.38 bits per heavy atom. The largest absolute Gasteiger partial charge is 0.324 e. The molecule has 1 unspecified atom stereocenters. The van der Waals surface area contributed by atoms with E-state index >= 15 is 0 Å². The monoisotopic (exact) mass is 229 g/mol. The van der Waals surface area contributed by atoms with Crippen LogP contribution in [-0.4, -0.2) is 0 Å². The van der Waals surface area contributed by atoms with Gasteiger partial charge in [-0.05, 0) is 53.5 Å². The Balaban J connectivity index is 2.16. The summed E-state index contributed by atoms with van der Waals surface area (Å²) in [5.41, 5.74) is 11.7. The van der Waals surface area contributed by atoms with Crippen LogP contribution >= 0.6 is 11.3 Å². The topological polar surface area (TPSA) is 26.0 Å². The number of hydrogen-bond donors (Lipinski definition) is 1. The average Bonchev–Trinajstić information content (AvgIpc) is 2.86. The first kappa shape index (κ1) is 10.1. The van der Waals surface area contributed by atoms with Gasteiger partial charge >= 0.3 is 0 Å². The lowest BCUT2D eigenvalue weighted by Crippen LogP contribution is -2.04. The highest BCUT2D eigenvalue weighted by Gasteiger charge is 2.21. The minimum absolute atomic E-state index is 0.245. The van der Waals surface area contributed by atoms with Crippen molar-refractivity contribution < 1.29 is 0 Å². The number of thiophene rings is 1. The van der Waals surface area contributed by atoms with Gasteiger partial charge < -0.3 is 5.73 Å². The molecule has 0 spiro atoms. The van der Waals surface area contributed by atoms with Crippen molar-refractivity contribution in [1.82, 2.24) is 0 Å². The molecule has 1 aromatic heterocycles.